The van der Waals surface area contributed by atoms with Crippen molar-refractivity contribution in [3.8, 4) is 5.82 Å². The van der Waals surface area contributed by atoms with Crippen molar-refractivity contribution in [1.82, 2.24) is 14.3 Å². The zero-order valence-corrected chi connectivity index (χ0v) is 9.47. The van der Waals surface area contributed by atoms with Gasteiger partial charge in [-0.05, 0) is 22.0 Å². The third-order valence-electron chi connectivity index (χ3n) is 1.95. The lowest BCUT2D eigenvalue weighted by Gasteiger charge is -2.00. The van der Waals surface area contributed by atoms with E-state index in [2.05, 4.69) is 21.0 Å². The minimum atomic E-state index is -0.980. The van der Waals surface area contributed by atoms with Gasteiger partial charge in [0, 0.05) is 30.0 Å². The molecule has 0 saturated carbocycles. The highest BCUT2D eigenvalue weighted by Gasteiger charge is 2.13. The molecule has 2 heterocycles. The molecule has 0 unspecified atom stereocenters. The lowest BCUT2D eigenvalue weighted by atomic mass is 10.4. The van der Waals surface area contributed by atoms with E-state index >= 15 is 0 Å². The fraction of sp³-hybridized carbons (Fsp3) is 0.111. The Kier molecular flexibility index (Phi) is 2.36. The molecule has 0 aliphatic carbocycles. The van der Waals surface area contributed by atoms with E-state index in [-0.39, 0.29) is 5.69 Å². The Labute approximate surface area is 94.1 Å². The van der Waals surface area contributed by atoms with Crippen LogP contribution in [0.4, 0.5) is 0 Å². The summed E-state index contributed by atoms with van der Waals surface area (Å²) in [6.45, 7) is 0. The highest BCUT2D eigenvalue weighted by atomic mass is 79.9. The lowest BCUT2D eigenvalue weighted by molar-refractivity contribution is 0.0688. The molecule has 1 N–H and O–H groups in total. The van der Waals surface area contributed by atoms with Crippen LogP contribution in [0.3, 0.4) is 0 Å². The monoisotopic (exact) mass is 269 g/mol. The average molecular weight is 270 g/mol. The van der Waals surface area contributed by atoms with E-state index < -0.39 is 5.97 Å². The van der Waals surface area contributed by atoms with Gasteiger partial charge in [0.15, 0.2) is 5.82 Å². The van der Waals surface area contributed by atoms with Gasteiger partial charge < -0.3 is 5.11 Å². The van der Waals surface area contributed by atoms with Gasteiger partial charge in [0.2, 0.25) is 0 Å². The van der Waals surface area contributed by atoms with Gasteiger partial charge >= 0.3 is 5.97 Å². The molecular formula is C9H8BrN3O2. The van der Waals surface area contributed by atoms with Crippen LogP contribution in [0.5, 0.6) is 0 Å². The maximum absolute atomic E-state index is 10.9. The third-order valence-corrected chi connectivity index (χ3v) is 2.39. The number of carboxylic acids is 1. The molecule has 5 nitrogen and oxygen atoms in total. The smallest absolute Gasteiger partial charge is 0.352 e. The van der Waals surface area contributed by atoms with Crippen LogP contribution in [0.15, 0.2) is 29.0 Å². The molecule has 2 aromatic heterocycles. The Balaban J connectivity index is 2.56. The summed E-state index contributed by atoms with van der Waals surface area (Å²) in [5.41, 5.74) is 0.181. The van der Waals surface area contributed by atoms with Crippen LogP contribution in [0.2, 0.25) is 0 Å². The van der Waals surface area contributed by atoms with Gasteiger partial charge in [-0.3, -0.25) is 9.25 Å². The Bertz CT molecular complexity index is 515. The van der Waals surface area contributed by atoms with Crippen LogP contribution >= 0.6 is 15.9 Å². The van der Waals surface area contributed by atoms with Crippen molar-refractivity contribution in [2.75, 3.05) is 0 Å². The summed E-state index contributed by atoms with van der Waals surface area (Å²) in [7, 11) is 1.78. The van der Waals surface area contributed by atoms with E-state index in [1.54, 1.807) is 30.2 Å². The average Bonchev–Trinajstić information content (AvgIpc) is 2.71. The summed E-state index contributed by atoms with van der Waals surface area (Å²) in [6.07, 6.45) is 3.43. The topological polar surface area (TPSA) is 60.0 Å². The number of aromatic nitrogens is 3. The molecule has 78 valence electrons. The van der Waals surface area contributed by atoms with E-state index in [9.17, 15) is 4.79 Å². The highest BCUT2D eigenvalue weighted by Crippen LogP contribution is 2.18. The van der Waals surface area contributed by atoms with Gasteiger partial charge in [-0.2, -0.15) is 5.10 Å². The fourth-order valence-electron chi connectivity index (χ4n) is 1.32. The standard InChI is InChI=1S/C9H8BrN3O2/c1-12-3-2-8(11-12)13-5-6(10)4-7(13)9(14)15/h2-5H,1H3,(H,14,15). The van der Waals surface area contributed by atoms with E-state index in [0.29, 0.717) is 10.3 Å². The van der Waals surface area contributed by atoms with E-state index in [1.165, 1.54) is 10.6 Å². The maximum Gasteiger partial charge on any atom is 0.352 e. The van der Waals surface area contributed by atoms with Crippen molar-refractivity contribution in [2.24, 2.45) is 7.05 Å². The molecule has 0 saturated heterocycles. The first-order chi connectivity index (χ1) is 7.08. The van der Waals surface area contributed by atoms with Crippen LogP contribution in [-0.4, -0.2) is 25.4 Å². The second-order valence-corrected chi connectivity index (χ2v) is 3.98. The van der Waals surface area contributed by atoms with Gasteiger partial charge in [0.25, 0.3) is 0 Å². The quantitative estimate of drug-likeness (QED) is 0.903. The number of aromatic carboxylic acids is 1. The first-order valence-electron chi connectivity index (χ1n) is 4.19. The molecule has 0 aromatic carbocycles. The molecule has 2 rings (SSSR count). The van der Waals surface area contributed by atoms with Crippen molar-refractivity contribution in [2.45, 2.75) is 0 Å². The van der Waals surface area contributed by atoms with Gasteiger partial charge in [0.05, 0.1) is 0 Å². The molecule has 0 radical (unpaired) electrons. The molecule has 2 aromatic rings. The number of halogens is 1. The number of hydrogen-bond donors (Lipinski definition) is 1. The summed E-state index contributed by atoms with van der Waals surface area (Å²) in [4.78, 5) is 10.9. The molecule has 0 aliphatic heterocycles. The number of aryl methyl sites for hydroxylation is 1. The molecule has 15 heavy (non-hydrogen) atoms. The number of carboxylic acid groups (broad SMARTS) is 1. The Hall–Kier alpha value is -1.56. The number of rotatable bonds is 2. The Morgan fingerprint density at radius 1 is 1.60 bits per heavy atom. The summed E-state index contributed by atoms with van der Waals surface area (Å²) in [5, 5.41) is 13.1. The number of carbonyl (C=O) groups is 1. The molecule has 0 atom stereocenters. The first kappa shape index (κ1) is 9.97. The van der Waals surface area contributed by atoms with Crippen LogP contribution in [0.25, 0.3) is 5.82 Å². The minimum Gasteiger partial charge on any atom is -0.477 e. The predicted molar refractivity (Wildman–Crippen MR) is 57.2 cm³/mol. The second kappa shape index (κ2) is 3.54. The van der Waals surface area contributed by atoms with Crippen LogP contribution in [0.1, 0.15) is 10.5 Å². The number of nitrogens with zero attached hydrogens (tertiary/aromatic N) is 3. The molecule has 6 heteroatoms. The summed E-state index contributed by atoms with van der Waals surface area (Å²) in [5.74, 6) is -0.396. The van der Waals surface area contributed by atoms with Crippen molar-refractivity contribution in [3.63, 3.8) is 0 Å². The van der Waals surface area contributed by atoms with Crippen LogP contribution in [-0.2, 0) is 7.05 Å². The molecule has 0 amide bonds. The molecule has 0 aliphatic rings. The summed E-state index contributed by atoms with van der Waals surface area (Å²) in [6, 6.07) is 3.29. The number of hydrogen-bond acceptors (Lipinski definition) is 2. The SMILES string of the molecule is Cn1ccc(-n2cc(Br)cc2C(=O)O)n1. The summed E-state index contributed by atoms with van der Waals surface area (Å²) < 4.78 is 3.85. The van der Waals surface area contributed by atoms with E-state index in [4.69, 9.17) is 5.11 Å². The zero-order chi connectivity index (χ0) is 11.0. The van der Waals surface area contributed by atoms with Gasteiger partial charge in [0.1, 0.15) is 5.69 Å². The Morgan fingerprint density at radius 2 is 2.33 bits per heavy atom. The molecule has 0 spiro atoms. The summed E-state index contributed by atoms with van der Waals surface area (Å²) >= 11 is 3.24. The van der Waals surface area contributed by atoms with Crippen LogP contribution in [0, 0.1) is 0 Å². The van der Waals surface area contributed by atoms with Crippen molar-refractivity contribution >= 4 is 21.9 Å². The van der Waals surface area contributed by atoms with Crippen molar-refractivity contribution in [1.29, 1.82) is 0 Å². The molecular weight excluding hydrogens is 262 g/mol. The minimum absolute atomic E-state index is 0.181. The van der Waals surface area contributed by atoms with E-state index in [0.717, 1.165) is 0 Å². The fourth-order valence-corrected chi connectivity index (χ4v) is 1.74. The predicted octanol–water partition coefficient (Wildman–Crippen LogP) is 1.67. The largest absolute Gasteiger partial charge is 0.477 e. The normalized spacial score (nSPS) is 10.5. The van der Waals surface area contributed by atoms with Crippen molar-refractivity contribution < 1.29 is 9.90 Å². The lowest BCUT2D eigenvalue weighted by Crippen LogP contribution is -2.06. The third kappa shape index (κ3) is 1.80. The van der Waals surface area contributed by atoms with Crippen molar-refractivity contribution in [3.05, 3.63) is 34.7 Å². The first-order valence-corrected chi connectivity index (χ1v) is 4.98. The van der Waals surface area contributed by atoms with E-state index in [1.807, 2.05) is 0 Å². The van der Waals surface area contributed by atoms with Gasteiger partial charge in [-0.25, -0.2) is 4.79 Å². The highest BCUT2D eigenvalue weighted by molar-refractivity contribution is 9.10. The maximum atomic E-state index is 10.9. The second-order valence-electron chi connectivity index (χ2n) is 3.07. The molecule has 0 bridgehead atoms. The van der Waals surface area contributed by atoms with Gasteiger partial charge in [-0.15, -0.1) is 0 Å². The zero-order valence-electron chi connectivity index (χ0n) is 7.88. The van der Waals surface area contributed by atoms with Crippen LogP contribution < -0.4 is 0 Å². The molecule has 0 fully saturated rings. The van der Waals surface area contributed by atoms with Gasteiger partial charge in [-0.1, -0.05) is 0 Å². The Morgan fingerprint density at radius 3 is 2.87 bits per heavy atom.